The second-order valence-corrected chi connectivity index (χ2v) is 8.95. The molecule has 1 amide bonds. The number of unbranched alkanes of at least 4 members (excludes halogenated alkanes) is 1. The number of aromatic nitrogens is 3. The van der Waals surface area contributed by atoms with Crippen LogP contribution in [0.15, 0.2) is 36.5 Å². The number of nitrogens with zero attached hydrogens (tertiary/aromatic N) is 3. The molecule has 3 aromatic rings. The molecule has 0 saturated heterocycles. The van der Waals surface area contributed by atoms with Crippen molar-refractivity contribution in [2.45, 2.75) is 32.9 Å². The lowest BCUT2D eigenvalue weighted by Gasteiger charge is -2.11. The Labute approximate surface area is 189 Å². The minimum absolute atomic E-state index is 0.204. The fraction of sp³-hybridized carbons (Fsp3) is 0.333. The van der Waals surface area contributed by atoms with Gasteiger partial charge in [0.1, 0.15) is 5.82 Å². The van der Waals surface area contributed by atoms with Gasteiger partial charge in [0.2, 0.25) is 0 Å². The van der Waals surface area contributed by atoms with Crippen LogP contribution >= 0.6 is 0 Å². The third-order valence-electron chi connectivity index (χ3n) is 4.94. The number of carbonyl (C=O) groups excluding carboxylic acids is 1. The van der Waals surface area contributed by atoms with Crippen LogP contribution in [0.1, 0.15) is 36.6 Å². The zero-order valence-corrected chi connectivity index (χ0v) is 19.1. The van der Waals surface area contributed by atoms with E-state index in [4.69, 9.17) is 0 Å². The summed E-state index contributed by atoms with van der Waals surface area (Å²) in [6.07, 6.45) is 0.958. The zero-order valence-electron chi connectivity index (χ0n) is 18.3. The van der Waals surface area contributed by atoms with Crippen LogP contribution in [0.4, 0.5) is 13.2 Å². The van der Waals surface area contributed by atoms with E-state index in [2.05, 4.69) is 9.82 Å². The van der Waals surface area contributed by atoms with Crippen molar-refractivity contribution in [2.75, 3.05) is 6.54 Å². The van der Waals surface area contributed by atoms with E-state index in [-0.39, 0.29) is 6.54 Å². The van der Waals surface area contributed by atoms with Gasteiger partial charge in [-0.1, -0.05) is 19.4 Å². The van der Waals surface area contributed by atoms with Crippen molar-refractivity contribution in [3.63, 3.8) is 0 Å². The number of carbonyl (C=O) groups is 1. The van der Waals surface area contributed by atoms with Crippen LogP contribution in [-0.4, -0.2) is 35.2 Å². The smallest absolute Gasteiger partial charge is 0.301 e. The van der Waals surface area contributed by atoms with Gasteiger partial charge in [-0.2, -0.15) is 31.4 Å². The van der Waals surface area contributed by atoms with Crippen molar-refractivity contribution in [1.82, 2.24) is 23.8 Å². The maximum Gasteiger partial charge on any atom is 0.416 e. The normalized spacial score (nSPS) is 12.7. The first kappa shape index (κ1) is 24.5. The van der Waals surface area contributed by atoms with Crippen LogP contribution in [0.5, 0.6) is 0 Å². The van der Waals surface area contributed by atoms with Crippen molar-refractivity contribution < 1.29 is 26.4 Å². The van der Waals surface area contributed by atoms with Gasteiger partial charge in [-0.05, 0) is 37.6 Å². The Morgan fingerprint density at radius 3 is 2.64 bits per heavy atom. The average molecular weight is 484 g/mol. The number of rotatable bonds is 8. The summed E-state index contributed by atoms with van der Waals surface area (Å²) in [4.78, 5) is 12.2. The summed E-state index contributed by atoms with van der Waals surface area (Å²) in [6, 6.07) is 5.12. The molecule has 0 aliphatic carbocycles. The van der Waals surface area contributed by atoms with Crippen molar-refractivity contribution >= 4 is 33.1 Å². The van der Waals surface area contributed by atoms with Gasteiger partial charge in [-0.3, -0.25) is 9.48 Å². The Hall–Kier alpha value is -3.12. The van der Waals surface area contributed by atoms with Gasteiger partial charge in [0.15, 0.2) is 0 Å². The van der Waals surface area contributed by atoms with Crippen LogP contribution in [-0.2, 0) is 28.2 Å². The zero-order chi connectivity index (χ0) is 24.4. The van der Waals surface area contributed by atoms with E-state index in [9.17, 15) is 26.4 Å². The second kappa shape index (κ2) is 9.40. The Kier molecular flexibility index (Phi) is 6.98. The fourth-order valence-electron chi connectivity index (χ4n) is 3.38. The number of halogens is 3. The van der Waals surface area contributed by atoms with Gasteiger partial charge in [-0.15, -0.1) is 0 Å². The van der Waals surface area contributed by atoms with E-state index < -0.39 is 27.9 Å². The monoisotopic (exact) mass is 483 g/mol. The molecule has 8 nitrogen and oxygen atoms in total. The molecule has 0 bridgehead atoms. The summed E-state index contributed by atoms with van der Waals surface area (Å²) in [6.45, 7) is 3.79. The molecule has 0 atom stereocenters. The van der Waals surface area contributed by atoms with Gasteiger partial charge >= 0.3 is 16.4 Å². The molecule has 2 heterocycles. The molecule has 0 spiro atoms. The molecule has 12 heteroatoms. The number of amides is 1. The lowest BCUT2D eigenvalue weighted by Crippen LogP contribution is -2.39. The molecule has 0 fully saturated rings. The maximum atomic E-state index is 13.2. The Bertz CT molecular complexity index is 1310. The van der Waals surface area contributed by atoms with Gasteiger partial charge in [-0.25, -0.2) is 4.72 Å². The summed E-state index contributed by atoms with van der Waals surface area (Å²) in [5, 5.41) is 4.90. The van der Waals surface area contributed by atoms with E-state index in [0.29, 0.717) is 34.4 Å². The van der Waals surface area contributed by atoms with Gasteiger partial charge in [0.25, 0.3) is 5.91 Å². The standard InChI is InChI=1S/C21H24F3N5O3S/c1-4-5-11-25-33(31,32)27-19(30)9-8-17-14(2)26-28(3)20(17)29-12-10-15-6-7-16(13-18(15)29)21(22,23)24/h6-10,12-13,25H,4-5,11H2,1-3H3,(H,27,30). The third-order valence-corrected chi connectivity index (χ3v) is 6.00. The highest BCUT2D eigenvalue weighted by Crippen LogP contribution is 2.33. The molecule has 33 heavy (non-hydrogen) atoms. The third kappa shape index (κ3) is 5.63. The fourth-order valence-corrected chi connectivity index (χ4v) is 4.20. The van der Waals surface area contributed by atoms with E-state index in [1.807, 2.05) is 11.6 Å². The summed E-state index contributed by atoms with van der Waals surface area (Å²) in [5.74, 6) is -0.445. The number of alkyl halides is 3. The predicted molar refractivity (Wildman–Crippen MR) is 119 cm³/mol. The Morgan fingerprint density at radius 1 is 1.24 bits per heavy atom. The molecule has 178 valence electrons. The van der Waals surface area contributed by atoms with Crippen molar-refractivity contribution in [2.24, 2.45) is 7.05 Å². The Balaban J connectivity index is 1.94. The molecule has 0 radical (unpaired) electrons. The minimum Gasteiger partial charge on any atom is -0.301 e. The summed E-state index contributed by atoms with van der Waals surface area (Å²) in [7, 11) is -2.37. The van der Waals surface area contributed by atoms with Crippen LogP contribution in [0, 0.1) is 6.92 Å². The quantitative estimate of drug-likeness (QED) is 0.379. The first-order valence-corrected chi connectivity index (χ1v) is 11.6. The average Bonchev–Trinajstić information content (AvgIpc) is 3.24. The number of benzene rings is 1. The van der Waals surface area contributed by atoms with Crippen molar-refractivity contribution in [3.8, 4) is 5.82 Å². The van der Waals surface area contributed by atoms with Crippen molar-refractivity contribution in [1.29, 1.82) is 0 Å². The number of nitrogens with one attached hydrogen (secondary N) is 2. The molecule has 3 rings (SSSR count). The van der Waals surface area contributed by atoms with Crippen LogP contribution in [0.25, 0.3) is 22.8 Å². The topological polar surface area (TPSA) is 98.0 Å². The minimum atomic E-state index is -4.50. The van der Waals surface area contributed by atoms with Gasteiger partial charge in [0.05, 0.1) is 16.8 Å². The molecule has 2 N–H and O–H groups in total. The lowest BCUT2D eigenvalue weighted by molar-refractivity contribution is -0.137. The highest BCUT2D eigenvalue weighted by atomic mass is 32.2. The highest BCUT2D eigenvalue weighted by Gasteiger charge is 2.31. The molecular weight excluding hydrogens is 459 g/mol. The maximum absolute atomic E-state index is 13.2. The number of hydrogen-bond donors (Lipinski definition) is 2. The van der Waals surface area contributed by atoms with Gasteiger partial charge in [0, 0.05) is 36.8 Å². The van der Waals surface area contributed by atoms with Crippen LogP contribution < -0.4 is 9.44 Å². The van der Waals surface area contributed by atoms with Crippen molar-refractivity contribution in [3.05, 3.63) is 53.4 Å². The molecule has 0 unspecified atom stereocenters. The lowest BCUT2D eigenvalue weighted by atomic mass is 10.1. The number of hydrogen-bond acceptors (Lipinski definition) is 4. The number of fused-ring (bicyclic) bond motifs is 1. The van der Waals surface area contributed by atoms with Gasteiger partial charge < -0.3 is 4.57 Å². The number of aryl methyl sites for hydroxylation is 2. The van der Waals surface area contributed by atoms with E-state index >= 15 is 0 Å². The molecule has 0 aliphatic rings. The second-order valence-electron chi connectivity index (χ2n) is 7.45. The summed E-state index contributed by atoms with van der Waals surface area (Å²) >= 11 is 0. The molecule has 2 aromatic heterocycles. The largest absolute Gasteiger partial charge is 0.416 e. The first-order valence-electron chi connectivity index (χ1n) is 10.1. The Morgan fingerprint density at radius 2 is 1.97 bits per heavy atom. The molecule has 0 saturated carbocycles. The highest BCUT2D eigenvalue weighted by molar-refractivity contribution is 7.88. The summed E-state index contributed by atoms with van der Waals surface area (Å²) in [5.41, 5.74) is 0.494. The van der Waals surface area contributed by atoms with E-state index in [1.165, 1.54) is 16.8 Å². The molecule has 1 aromatic carbocycles. The molecular formula is C21H24F3N5O3S. The summed E-state index contributed by atoms with van der Waals surface area (Å²) < 4.78 is 70.7. The SMILES string of the molecule is CCCCNS(=O)(=O)NC(=O)C=Cc1c(C)nn(C)c1-n1ccc2ccc(C(F)(F)F)cc21. The van der Waals surface area contributed by atoms with Crippen LogP contribution in [0.3, 0.4) is 0 Å². The van der Waals surface area contributed by atoms with Crippen LogP contribution in [0.2, 0.25) is 0 Å². The predicted octanol–water partition coefficient (Wildman–Crippen LogP) is 3.46. The first-order chi connectivity index (χ1) is 15.4. The van der Waals surface area contributed by atoms with E-state index in [0.717, 1.165) is 24.6 Å². The molecule has 0 aliphatic heterocycles. The van der Waals surface area contributed by atoms with E-state index in [1.54, 1.807) is 30.8 Å².